The van der Waals surface area contributed by atoms with Gasteiger partial charge in [0.15, 0.2) is 10.8 Å². The molecule has 2 aliphatic heterocycles. The van der Waals surface area contributed by atoms with Crippen LogP contribution >= 0.6 is 23.1 Å². The fourth-order valence-corrected chi connectivity index (χ4v) is 5.71. The van der Waals surface area contributed by atoms with Gasteiger partial charge in [0.2, 0.25) is 12.2 Å². The van der Waals surface area contributed by atoms with Crippen LogP contribution in [0.25, 0.3) is 0 Å². The second-order valence-corrected chi connectivity index (χ2v) is 10.6. The van der Waals surface area contributed by atoms with Crippen molar-refractivity contribution in [2.75, 3.05) is 31.9 Å². The highest BCUT2D eigenvalue weighted by atomic mass is 32.2. The molecule has 0 bridgehead atoms. The average Bonchev–Trinajstić information content (AvgIpc) is 3.31. The lowest BCUT2D eigenvalue weighted by Crippen LogP contribution is -2.71. The minimum atomic E-state index is -1.30. The number of hydrogen-bond donors (Lipinski definition) is 2. The third-order valence-corrected chi connectivity index (χ3v) is 7.24. The molecule has 3 amide bonds. The number of β-lactam (4-membered cyclic amide) rings is 1. The van der Waals surface area contributed by atoms with Gasteiger partial charge in [0.1, 0.15) is 29.9 Å². The van der Waals surface area contributed by atoms with Crippen molar-refractivity contribution in [1.82, 2.24) is 15.2 Å². The van der Waals surface area contributed by atoms with Gasteiger partial charge in [0, 0.05) is 32.1 Å². The smallest absolute Gasteiger partial charge is 0.431 e. The molecule has 0 aliphatic carbocycles. The lowest BCUT2D eigenvalue weighted by molar-refractivity contribution is -0.169. The average molecular weight is 600 g/mol. The van der Waals surface area contributed by atoms with Crippen LogP contribution in [0.1, 0.15) is 33.4 Å². The number of hydrogen-bond acceptors (Lipinski definition) is 14. The number of methoxy groups -OCH3 is 1. The first-order valence-corrected chi connectivity index (χ1v) is 13.8. The van der Waals surface area contributed by atoms with Crippen LogP contribution in [0.2, 0.25) is 0 Å². The third-order valence-electron chi connectivity index (χ3n) is 5.14. The van der Waals surface area contributed by atoms with E-state index >= 15 is 0 Å². The molecule has 1 aromatic heterocycles. The second kappa shape index (κ2) is 13.6. The van der Waals surface area contributed by atoms with E-state index in [1.165, 1.54) is 50.1 Å². The number of aromatic nitrogens is 1. The van der Waals surface area contributed by atoms with Crippen LogP contribution in [0.15, 0.2) is 21.8 Å². The number of fused-ring (bicyclic) bond motifs is 1. The minimum absolute atomic E-state index is 0.0424. The molecule has 0 radical (unpaired) electrons. The van der Waals surface area contributed by atoms with Gasteiger partial charge in [0.05, 0.1) is 12.7 Å². The highest BCUT2D eigenvalue weighted by Crippen LogP contribution is 2.41. The Hall–Kier alpha value is -3.70. The van der Waals surface area contributed by atoms with E-state index < -0.39 is 47.7 Å². The Morgan fingerprint density at radius 3 is 2.52 bits per heavy atom. The molecule has 3 atom stereocenters. The molecule has 0 aromatic carbocycles. The summed E-state index contributed by atoms with van der Waals surface area (Å²) >= 11 is 2.39. The van der Waals surface area contributed by atoms with Gasteiger partial charge in [0.25, 0.3) is 11.8 Å². The van der Waals surface area contributed by atoms with Crippen molar-refractivity contribution >= 4 is 63.8 Å². The number of anilines is 1. The van der Waals surface area contributed by atoms with E-state index in [-0.39, 0.29) is 34.7 Å². The van der Waals surface area contributed by atoms with E-state index in [2.05, 4.69) is 20.8 Å². The number of rotatable bonds is 11. The van der Waals surface area contributed by atoms with Crippen molar-refractivity contribution in [2.24, 2.45) is 5.16 Å². The molecular weight excluding hydrogens is 570 g/mol. The van der Waals surface area contributed by atoms with Crippen LogP contribution in [-0.4, -0.2) is 95.8 Å². The van der Waals surface area contributed by atoms with Gasteiger partial charge < -0.3 is 34.4 Å². The van der Waals surface area contributed by atoms with Crippen LogP contribution in [0.3, 0.4) is 0 Å². The van der Waals surface area contributed by atoms with E-state index in [0.29, 0.717) is 11.3 Å². The first kappa shape index (κ1) is 30.8. The van der Waals surface area contributed by atoms with E-state index in [0.717, 1.165) is 11.3 Å². The van der Waals surface area contributed by atoms with Gasteiger partial charge in [-0.3, -0.25) is 19.3 Å². The quantitative estimate of drug-likeness (QED) is 0.122. The summed E-state index contributed by atoms with van der Waals surface area (Å²) in [4.78, 5) is 72.6. The summed E-state index contributed by atoms with van der Waals surface area (Å²) in [5, 5.41) is 9.97. The number of nitrogens with one attached hydrogen (secondary N) is 2. The van der Waals surface area contributed by atoms with Gasteiger partial charge in [-0.25, -0.2) is 14.6 Å². The molecule has 2 N–H and O–H groups in total. The van der Waals surface area contributed by atoms with Gasteiger partial charge in [-0.15, -0.1) is 23.1 Å². The summed E-state index contributed by atoms with van der Waals surface area (Å²) in [6, 6.07) is -1.01. The van der Waals surface area contributed by atoms with Crippen LogP contribution in [0, 0.1) is 0 Å². The molecule has 2 aliphatic rings. The SMILES string of the molecule is COCC1=C(C(=O)OC(C)OC(=O)OC(C)C)N2C(=O)[C@@H](NC(=O)C(=NOC)c3csc(NC(C)=O)n3)[C@H]2SC1. The van der Waals surface area contributed by atoms with Crippen molar-refractivity contribution in [2.45, 2.75) is 51.5 Å². The zero-order valence-corrected chi connectivity index (χ0v) is 24.2. The predicted octanol–water partition coefficient (Wildman–Crippen LogP) is 1.20. The zero-order chi connectivity index (χ0) is 29.6. The maximum atomic E-state index is 13.2. The number of esters is 1. The molecule has 3 rings (SSSR count). The summed E-state index contributed by atoms with van der Waals surface area (Å²) in [6.07, 6.45) is -2.75. The Morgan fingerprint density at radius 2 is 1.90 bits per heavy atom. The van der Waals surface area contributed by atoms with Crippen molar-refractivity contribution in [3.63, 3.8) is 0 Å². The Morgan fingerprint density at radius 1 is 1.18 bits per heavy atom. The standard InChI is InChI=1S/C23H29N5O10S2/c1-10(2)36-23(33)38-12(4)37-21(32)17-13(7-34-5)8-39-20-16(19(31)28(17)20)26-18(30)15(27-35-6)14-9-40-22(25-14)24-11(3)29/h9-10,12,16,20H,7-8H2,1-6H3,(H,26,30)(H,24,25,29)/t12?,16-,20-/m1/s1. The topological polar surface area (TPSA) is 184 Å². The molecule has 17 heteroatoms. The van der Waals surface area contributed by atoms with Crippen LogP contribution in [-0.2, 0) is 43.0 Å². The number of amides is 3. The number of thiazole rings is 1. The van der Waals surface area contributed by atoms with E-state index in [9.17, 15) is 24.0 Å². The molecule has 40 heavy (non-hydrogen) atoms. The normalized spacial score (nSPS) is 19.3. The lowest BCUT2D eigenvalue weighted by Gasteiger charge is -2.49. The highest BCUT2D eigenvalue weighted by molar-refractivity contribution is 8.00. The first-order chi connectivity index (χ1) is 19.0. The fourth-order valence-electron chi connectivity index (χ4n) is 3.64. The number of nitrogens with zero attached hydrogens (tertiary/aromatic N) is 3. The number of thioether (sulfide) groups is 1. The third kappa shape index (κ3) is 7.28. The Kier molecular flexibility index (Phi) is 10.5. The number of carbonyl (C=O) groups is 5. The largest absolute Gasteiger partial charge is 0.511 e. The number of oxime groups is 1. The lowest BCUT2D eigenvalue weighted by atomic mass is 10.0. The maximum absolute atomic E-state index is 13.2. The summed E-state index contributed by atoms with van der Waals surface area (Å²) in [5.41, 5.74) is 0.346. The zero-order valence-electron chi connectivity index (χ0n) is 22.5. The van der Waals surface area contributed by atoms with E-state index in [1.54, 1.807) is 13.8 Å². The van der Waals surface area contributed by atoms with Gasteiger partial charge >= 0.3 is 12.1 Å². The number of carbonyl (C=O) groups excluding carboxylic acids is 5. The molecule has 218 valence electrons. The van der Waals surface area contributed by atoms with Crippen molar-refractivity contribution in [3.05, 3.63) is 22.3 Å². The molecule has 1 unspecified atom stereocenters. The number of ether oxygens (including phenoxy) is 4. The summed E-state index contributed by atoms with van der Waals surface area (Å²) < 4.78 is 20.3. The van der Waals surface area contributed by atoms with E-state index in [4.69, 9.17) is 23.8 Å². The molecule has 3 heterocycles. The molecule has 1 fully saturated rings. The van der Waals surface area contributed by atoms with Gasteiger partial charge in [-0.1, -0.05) is 5.16 Å². The van der Waals surface area contributed by atoms with Gasteiger partial charge in [-0.2, -0.15) is 0 Å². The summed E-state index contributed by atoms with van der Waals surface area (Å²) in [6.45, 7) is 5.96. The van der Waals surface area contributed by atoms with Gasteiger partial charge in [-0.05, 0) is 19.4 Å². The Bertz CT molecular complexity index is 1230. The Balaban J connectivity index is 1.74. The molecule has 1 saturated heterocycles. The first-order valence-electron chi connectivity index (χ1n) is 11.9. The van der Waals surface area contributed by atoms with Crippen molar-refractivity contribution in [3.8, 4) is 0 Å². The molecule has 0 spiro atoms. The van der Waals surface area contributed by atoms with Crippen molar-refractivity contribution in [1.29, 1.82) is 0 Å². The summed E-state index contributed by atoms with van der Waals surface area (Å²) in [5.74, 6) is -2.27. The minimum Gasteiger partial charge on any atom is -0.431 e. The molecule has 15 nitrogen and oxygen atoms in total. The summed E-state index contributed by atoms with van der Waals surface area (Å²) in [7, 11) is 2.68. The predicted molar refractivity (Wildman–Crippen MR) is 142 cm³/mol. The van der Waals surface area contributed by atoms with Crippen LogP contribution < -0.4 is 10.6 Å². The van der Waals surface area contributed by atoms with Crippen LogP contribution in [0.4, 0.5) is 9.93 Å². The fraction of sp³-hybridized carbons (Fsp3) is 0.522. The Labute approximate surface area is 237 Å². The van der Waals surface area contributed by atoms with E-state index in [1.807, 2.05) is 0 Å². The highest BCUT2D eigenvalue weighted by Gasteiger charge is 2.55. The van der Waals surface area contributed by atoms with Crippen LogP contribution in [0.5, 0.6) is 0 Å². The molecule has 1 aromatic rings. The molecular formula is C23H29N5O10S2. The monoisotopic (exact) mass is 599 g/mol. The van der Waals surface area contributed by atoms with Crippen molar-refractivity contribution < 1.29 is 47.8 Å². The molecule has 0 saturated carbocycles. The second-order valence-electron chi connectivity index (χ2n) is 8.60. The maximum Gasteiger partial charge on any atom is 0.511 e.